The Morgan fingerprint density at radius 2 is 1.59 bits per heavy atom. The van der Waals surface area contributed by atoms with Crippen LogP contribution in [0.25, 0.3) is 0 Å². The topological polar surface area (TPSA) is 46.2 Å². The Labute approximate surface area is 108 Å². The molecule has 3 nitrogen and oxygen atoms in total. The first-order chi connectivity index (χ1) is 7.53. The number of hydrogen-bond acceptors (Lipinski definition) is 2. The van der Waals surface area contributed by atoms with Crippen LogP contribution >= 0.6 is 0 Å². The molecular weight excluding hydrogens is 208 g/mol. The van der Waals surface area contributed by atoms with E-state index in [2.05, 4.69) is 0 Å². The summed E-state index contributed by atoms with van der Waals surface area (Å²) in [5.41, 5.74) is 0. The van der Waals surface area contributed by atoms with Crippen LogP contribution in [0.2, 0.25) is 15.7 Å². The molecule has 0 bridgehead atoms. The maximum absolute atomic E-state index is 11.9. The summed E-state index contributed by atoms with van der Waals surface area (Å²) < 4.78 is 0. The van der Waals surface area contributed by atoms with Crippen LogP contribution in [0, 0.1) is 5.92 Å². The zero-order valence-corrected chi connectivity index (χ0v) is 9.99. The fourth-order valence-corrected chi connectivity index (χ4v) is 1.98. The van der Waals surface area contributed by atoms with E-state index in [1.807, 2.05) is 12.2 Å². The summed E-state index contributed by atoms with van der Waals surface area (Å²) in [6.07, 6.45) is 0.532. The summed E-state index contributed by atoms with van der Waals surface area (Å²) in [4.78, 5) is 23.4. The number of rotatable bonds is 2. The van der Waals surface area contributed by atoms with Gasteiger partial charge >= 0.3 is 0 Å². The summed E-state index contributed by atoms with van der Waals surface area (Å²) >= 11 is 0. The minimum atomic E-state index is -2.11. The Morgan fingerprint density at radius 1 is 1.12 bits per heavy atom. The Balaban J connectivity index is 3.39. The van der Waals surface area contributed by atoms with Crippen LogP contribution in [0.5, 0.6) is 0 Å². The van der Waals surface area contributed by atoms with E-state index >= 15 is 0 Å². The number of imide groups is 1. The van der Waals surface area contributed by atoms with Gasteiger partial charge in [-0.25, -0.2) is 0 Å². The SMILES string of the molecule is [B]C1([B])C(=O)NC(=O)C([B])(C(C)CC)C1([B])[B]. The number of carbonyl (C=O) groups excluding carboxylic acids is 2. The number of piperidine rings is 1. The van der Waals surface area contributed by atoms with Crippen molar-refractivity contribution in [2.45, 2.75) is 36.0 Å². The van der Waals surface area contributed by atoms with Crippen molar-refractivity contribution >= 4 is 51.0 Å². The number of nitrogens with one attached hydrogen (secondary N) is 1. The van der Waals surface area contributed by atoms with Crippen LogP contribution in [0.15, 0.2) is 0 Å². The zero-order chi connectivity index (χ0) is 13.6. The van der Waals surface area contributed by atoms with E-state index in [9.17, 15) is 9.59 Å². The smallest absolute Gasteiger partial charge is 0.223 e. The Hall–Kier alpha value is -0.535. The van der Waals surface area contributed by atoms with Gasteiger partial charge in [-0.2, -0.15) is 0 Å². The van der Waals surface area contributed by atoms with Gasteiger partial charge in [0.2, 0.25) is 11.8 Å². The van der Waals surface area contributed by atoms with E-state index in [1.165, 1.54) is 0 Å². The molecular formula is C9H10B5NO2. The van der Waals surface area contributed by atoms with E-state index in [0.717, 1.165) is 0 Å². The van der Waals surface area contributed by atoms with Gasteiger partial charge < -0.3 is 0 Å². The quantitative estimate of drug-likeness (QED) is 0.473. The van der Waals surface area contributed by atoms with Gasteiger partial charge in [0, 0.05) is 5.31 Å². The predicted molar refractivity (Wildman–Crippen MR) is 69.5 cm³/mol. The highest BCUT2D eigenvalue weighted by atomic mass is 16.2. The molecule has 1 saturated heterocycles. The molecule has 8 heteroatoms. The van der Waals surface area contributed by atoms with Crippen LogP contribution in [0.1, 0.15) is 20.3 Å². The van der Waals surface area contributed by atoms with Crippen molar-refractivity contribution in [1.82, 2.24) is 5.32 Å². The van der Waals surface area contributed by atoms with Crippen LogP contribution in [0.4, 0.5) is 0 Å². The van der Waals surface area contributed by atoms with E-state index in [-0.39, 0.29) is 0 Å². The van der Waals surface area contributed by atoms with Crippen LogP contribution in [-0.4, -0.2) is 51.0 Å². The lowest BCUT2D eigenvalue weighted by molar-refractivity contribution is -0.138. The number of hydrogen-bond donors (Lipinski definition) is 1. The maximum atomic E-state index is 11.9. The third-order valence-electron chi connectivity index (χ3n) is 3.74. The van der Waals surface area contributed by atoms with Crippen LogP contribution in [0.3, 0.4) is 0 Å². The van der Waals surface area contributed by atoms with Crippen molar-refractivity contribution in [2.24, 2.45) is 5.92 Å². The molecule has 78 valence electrons. The number of carbonyl (C=O) groups is 2. The van der Waals surface area contributed by atoms with Crippen molar-refractivity contribution < 1.29 is 9.59 Å². The second-order valence-corrected chi connectivity index (χ2v) is 4.70. The molecule has 1 heterocycles. The molecule has 1 aliphatic rings. The molecule has 0 saturated carbocycles. The predicted octanol–water partition coefficient (Wildman–Crippen LogP) is -1.08. The first kappa shape index (κ1) is 14.5. The molecule has 1 rings (SSSR count). The third-order valence-corrected chi connectivity index (χ3v) is 3.74. The molecule has 1 aliphatic heterocycles. The van der Waals surface area contributed by atoms with Gasteiger partial charge in [0.1, 0.15) is 0 Å². The molecule has 0 aromatic heterocycles. The molecule has 0 spiro atoms. The summed E-state index contributed by atoms with van der Waals surface area (Å²) in [6.45, 7) is 3.51. The standard InChI is InChI=1S/C9H10B5NO2/c1-3-4(2)7(10)5(16)15-6(17)8(11,12)9(7,13)14/h4H,3H2,1-2H3,(H,15,16,17). The van der Waals surface area contributed by atoms with Gasteiger partial charge in [-0.3, -0.25) is 14.9 Å². The first-order valence-corrected chi connectivity index (χ1v) is 5.33. The van der Waals surface area contributed by atoms with Gasteiger partial charge in [-0.15, -0.1) is 0 Å². The third kappa shape index (κ3) is 1.63. The van der Waals surface area contributed by atoms with Gasteiger partial charge in [0.15, 0.2) is 0 Å². The number of amides is 2. The molecule has 0 aromatic rings. The average Bonchev–Trinajstić information content (AvgIpc) is 2.24. The van der Waals surface area contributed by atoms with E-state index in [0.29, 0.717) is 6.42 Å². The average molecular weight is 218 g/mol. The molecule has 0 aromatic carbocycles. The van der Waals surface area contributed by atoms with Gasteiger partial charge in [-0.1, -0.05) is 25.5 Å². The fourth-order valence-electron chi connectivity index (χ4n) is 1.98. The molecule has 1 fully saturated rings. The molecule has 17 heavy (non-hydrogen) atoms. The van der Waals surface area contributed by atoms with Crippen molar-refractivity contribution in [1.29, 1.82) is 0 Å². The van der Waals surface area contributed by atoms with E-state index in [1.54, 1.807) is 6.92 Å². The van der Waals surface area contributed by atoms with Crippen molar-refractivity contribution in [3.05, 3.63) is 0 Å². The second-order valence-electron chi connectivity index (χ2n) is 4.70. The van der Waals surface area contributed by atoms with E-state index < -0.39 is 33.5 Å². The summed E-state index contributed by atoms with van der Waals surface area (Å²) in [5.74, 6) is -2.08. The highest BCUT2D eigenvalue weighted by Gasteiger charge is 2.60. The maximum Gasteiger partial charge on any atom is 0.223 e. The molecule has 10 radical (unpaired) electrons. The van der Waals surface area contributed by atoms with Crippen molar-refractivity contribution in [2.75, 3.05) is 0 Å². The summed E-state index contributed by atoms with van der Waals surface area (Å²) in [6, 6.07) is 0. The molecule has 2 atom stereocenters. The zero-order valence-electron chi connectivity index (χ0n) is 9.99. The lowest BCUT2D eigenvalue weighted by Crippen LogP contribution is -2.63. The lowest BCUT2D eigenvalue weighted by atomic mass is 9.18. The van der Waals surface area contributed by atoms with Crippen LogP contribution < -0.4 is 5.32 Å². The van der Waals surface area contributed by atoms with Gasteiger partial charge in [0.25, 0.3) is 0 Å². The normalized spacial score (nSPS) is 32.8. The van der Waals surface area contributed by atoms with Gasteiger partial charge in [0.05, 0.1) is 39.2 Å². The first-order valence-electron chi connectivity index (χ1n) is 5.33. The minimum absolute atomic E-state index is 0.392. The van der Waals surface area contributed by atoms with Crippen molar-refractivity contribution in [3.8, 4) is 0 Å². The minimum Gasteiger partial charge on any atom is -0.298 e. The molecule has 2 amide bonds. The van der Waals surface area contributed by atoms with Crippen LogP contribution in [-0.2, 0) is 9.59 Å². The largest absolute Gasteiger partial charge is 0.298 e. The Bertz CT molecular complexity index is 370. The van der Waals surface area contributed by atoms with E-state index in [4.69, 9.17) is 39.2 Å². The highest BCUT2D eigenvalue weighted by molar-refractivity contribution is 6.66. The molecule has 0 aliphatic carbocycles. The monoisotopic (exact) mass is 219 g/mol. The van der Waals surface area contributed by atoms with Crippen molar-refractivity contribution in [3.63, 3.8) is 0 Å². The summed E-state index contributed by atoms with van der Waals surface area (Å²) in [7, 11) is 28.8. The summed E-state index contributed by atoms with van der Waals surface area (Å²) in [5, 5.41) is -3.84. The second kappa shape index (κ2) is 3.99. The van der Waals surface area contributed by atoms with Gasteiger partial charge in [-0.05, 0) is 11.1 Å². The Morgan fingerprint density at radius 3 is 2.00 bits per heavy atom. The molecule has 2 unspecified atom stereocenters. The fraction of sp³-hybridized carbons (Fsp3) is 0.778. The lowest BCUT2D eigenvalue weighted by Gasteiger charge is -2.59. The Kier molecular flexibility index (Phi) is 3.41. The highest BCUT2D eigenvalue weighted by Crippen LogP contribution is 2.63. The molecule has 1 N–H and O–H groups in total.